The molecule has 1 aliphatic rings. The first kappa shape index (κ1) is 41.7. The summed E-state index contributed by atoms with van der Waals surface area (Å²) in [5.74, 6) is -9.59. The number of benzene rings is 3. The lowest BCUT2D eigenvalue weighted by Crippen LogP contribution is -2.39. The molecule has 5 rings (SSSR count). The van der Waals surface area contributed by atoms with E-state index >= 15 is 0 Å². The van der Waals surface area contributed by atoms with Crippen LogP contribution in [0, 0.1) is 23.3 Å². The standard InChI is InChI=1S/C21H22ClNO4.C15H8ClF7N2O2/c1-25-19-8-5-16(13-20(19)26-2)18(15-3-6-17(22)7-4-15)14-21(24)23-9-11-27-12-10-23;1-27-13-11(19)9(17)8(10(18)12(13)20)14(26)25-4-7-6(16)2-5(3-24-7)15(21,22)23/h3-8,13-14H,9-12H2,1-2H3;2-3H,4H2,1H3,(H,25,26)/b18-14+;. The first-order valence-corrected chi connectivity index (χ1v) is 16.3. The van der Waals surface area contributed by atoms with Crippen LogP contribution in [0.1, 0.15) is 32.7 Å². The molecular formula is C36H30Cl2F7N3O6. The van der Waals surface area contributed by atoms with Gasteiger partial charge in [-0.25, -0.2) is 8.78 Å². The van der Waals surface area contributed by atoms with E-state index in [2.05, 4.69) is 9.72 Å². The molecule has 0 unspecified atom stereocenters. The van der Waals surface area contributed by atoms with Gasteiger partial charge < -0.3 is 29.2 Å². The Kier molecular flexibility index (Phi) is 14.1. The van der Waals surface area contributed by atoms with Crippen LogP contribution in [0.15, 0.2) is 60.8 Å². The van der Waals surface area contributed by atoms with Crippen molar-refractivity contribution in [2.45, 2.75) is 12.7 Å². The number of carbonyl (C=O) groups excluding carboxylic acids is 2. The zero-order chi connectivity index (χ0) is 39.7. The highest BCUT2D eigenvalue weighted by Gasteiger charge is 2.32. The summed E-state index contributed by atoms with van der Waals surface area (Å²) in [6.07, 6.45) is -2.61. The number of amides is 2. The number of alkyl halides is 3. The van der Waals surface area contributed by atoms with Crippen molar-refractivity contribution in [3.8, 4) is 17.2 Å². The number of morpholine rings is 1. The van der Waals surface area contributed by atoms with Crippen LogP contribution in [0.25, 0.3) is 5.57 Å². The lowest BCUT2D eigenvalue weighted by Gasteiger charge is -2.26. The number of nitrogens with zero attached hydrogens (tertiary/aromatic N) is 2. The monoisotopic (exact) mass is 803 g/mol. The quantitative estimate of drug-likeness (QED) is 0.104. The Balaban J connectivity index is 0.000000241. The van der Waals surface area contributed by atoms with E-state index in [1.807, 2.05) is 47.8 Å². The zero-order valence-electron chi connectivity index (χ0n) is 28.6. The van der Waals surface area contributed by atoms with E-state index in [0.717, 1.165) is 23.8 Å². The maximum atomic E-state index is 13.8. The molecule has 0 bridgehead atoms. The smallest absolute Gasteiger partial charge is 0.417 e. The number of ether oxygens (including phenoxy) is 4. The van der Waals surface area contributed by atoms with E-state index in [9.17, 15) is 40.3 Å². The highest BCUT2D eigenvalue weighted by Crippen LogP contribution is 2.34. The normalized spacial score (nSPS) is 13.1. The Bertz CT molecular complexity index is 2000. The van der Waals surface area contributed by atoms with Crippen molar-refractivity contribution in [2.75, 3.05) is 47.6 Å². The van der Waals surface area contributed by atoms with Gasteiger partial charge in [0.15, 0.2) is 28.9 Å². The minimum atomic E-state index is -4.71. The molecule has 1 N–H and O–H groups in total. The fourth-order valence-corrected chi connectivity index (χ4v) is 5.32. The largest absolute Gasteiger partial charge is 0.493 e. The number of hydrogen-bond acceptors (Lipinski definition) is 7. The SMILES string of the molecule is COc1c(F)c(F)c(C(=O)NCc2ncc(C(F)(F)F)cc2Cl)c(F)c1F.COc1ccc(/C(=C/C(=O)N2CCOCC2)c2ccc(Cl)cc2)cc1OC. The molecule has 0 radical (unpaired) electrons. The zero-order valence-corrected chi connectivity index (χ0v) is 30.1. The third kappa shape index (κ3) is 9.92. The lowest BCUT2D eigenvalue weighted by atomic mass is 9.96. The van der Waals surface area contributed by atoms with Crippen LogP contribution in [0.2, 0.25) is 10.0 Å². The average molecular weight is 805 g/mol. The van der Waals surface area contributed by atoms with Gasteiger partial charge >= 0.3 is 6.18 Å². The molecule has 1 fully saturated rings. The molecule has 2 heterocycles. The van der Waals surface area contributed by atoms with Crippen LogP contribution in [0.3, 0.4) is 0 Å². The number of hydrogen-bond donors (Lipinski definition) is 1. The maximum absolute atomic E-state index is 13.8. The van der Waals surface area contributed by atoms with Gasteiger partial charge in [-0.15, -0.1) is 0 Å². The molecule has 1 saturated heterocycles. The van der Waals surface area contributed by atoms with E-state index in [-0.39, 0.29) is 11.6 Å². The Hall–Kier alpha value is -5.06. The van der Waals surface area contributed by atoms with E-state index in [0.29, 0.717) is 55.1 Å². The van der Waals surface area contributed by atoms with Gasteiger partial charge in [0.05, 0.1) is 57.4 Å². The van der Waals surface area contributed by atoms with Gasteiger partial charge in [-0.3, -0.25) is 14.6 Å². The second-order valence-electron chi connectivity index (χ2n) is 11.1. The molecule has 2 amide bonds. The Labute approximate surface area is 314 Å². The molecule has 9 nitrogen and oxygen atoms in total. The minimum absolute atomic E-state index is 0.0435. The molecule has 0 spiro atoms. The number of halogens is 9. The van der Waals surface area contributed by atoms with Crippen molar-refractivity contribution < 1.29 is 59.3 Å². The Morgan fingerprint density at radius 2 is 1.44 bits per heavy atom. The summed E-state index contributed by atoms with van der Waals surface area (Å²) in [5, 5.41) is 2.02. The van der Waals surface area contributed by atoms with Crippen molar-refractivity contribution in [1.82, 2.24) is 15.2 Å². The van der Waals surface area contributed by atoms with Crippen LogP contribution >= 0.6 is 23.2 Å². The molecule has 0 aliphatic carbocycles. The summed E-state index contributed by atoms with van der Waals surface area (Å²) in [7, 11) is 3.94. The van der Waals surface area contributed by atoms with E-state index in [1.165, 1.54) is 0 Å². The number of pyridine rings is 1. The second kappa shape index (κ2) is 18.3. The number of carbonyl (C=O) groups is 2. The molecule has 4 aromatic rings. The molecule has 0 saturated carbocycles. The Morgan fingerprint density at radius 3 is 1.98 bits per heavy atom. The van der Waals surface area contributed by atoms with Gasteiger partial charge in [-0.1, -0.05) is 41.4 Å². The lowest BCUT2D eigenvalue weighted by molar-refractivity contribution is -0.137. The van der Waals surface area contributed by atoms with Crippen molar-refractivity contribution in [2.24, 2.45) is 0 Å². The van der Waals surface area contributed by atoms with Crippen molar-refractivity contribution >= 4 is 40.6 Å². The summed E-state index contributed by atoms with van der Waals surface area (Å²) >= 11 is 11.7. The van der Waals surface area contributed by atoms with Crippen LogP contribution < -0.4 is 19.5 Å². The van der Waals surface area contributed by atoms with Gasteiger partial charge in [-0.05, 0) is 47.0 Å². The molecular weight excluding hydrogens is 774 g/mol. The summed E-state index contributed by atoms with van der Waals surface area (Å²) in [4.78, 5) is 29.9. The molecule has 54 heavy (non-hydrogen) atoms. The van der Waals surface area contributed by atoms with E-state index in [4.69, 9.17) is 37.4 Å². The molecule has 18 heteroatoms. The summed E-state index contributed by atoms with van der Waals surface area (Å²) < 4.78 is 113. The van der Waals surface area contributed by atoms with Crippen molar-refractivity contribution in [1.29, 1.82) is 0 Å². The van der Waals surface area contributed by atoms with Gasteiger partial charge in [-0.2, -0.15) is 22.0 Å². The fourth-order valence-electron chi connectivity index (χ4n) is 4.96. The van der Waals surface area contributed by atoms with Gasteiger partial charge in [0, 0.05) is 30.4 Å². The third-order valence-corrected chi connectivity index (χ3v) is 8.33. The van der Waals surface area contributed by atoms with Crippen molar-refractivity contribution in [3.05, 3.63) is 122 Å². The molecule has 1 aromatic heterocycles. The topological polar surface area (TPSA) is 99.2 Å². The summed E-state index contributed by atoms with van der Waals surface area (Å²) in [6.45, 7) is 1.65. The average Bonchev–Trinajstić information content (AvgIpc) is 3.16. The summed E-state index contributed by atoms with van der Waals surface area (Å²) in [5.41, 5.74) is -0.449. The number of methoxy groups -OCH3 is 3. The first-order valence-electron chi connectivity index (χ1n) is 15.6. The van der Waals surface area contributed by atoms with Gasteiger partial charge in [0.25, 0.3) is 5.91 Å². The molecule has 0 atom stereocenters. The number of aromatic nitrogens is 1. The minimum Gasteiger partial charge on any atom is -0.493 e. The van der Waals surface area contributed by atoms with Crippen LogP contribution in [0.4, 0.5) is 30.7 Å². The highest BCUT2D eigenvalue weighted by atomic mass is 35.5. The number of nitrogens with one attached hydrogen (secondary N) is 1. The predicted octanol–water partition coefficient (Wildman–Crippen LogP) is 7.90. The van der Waals surface area contributed by atoms with E-state index in [1.54, 1.807) is 25.2 Å². The van der Waals surface area contributed by atoms with E-state index < -0.39 is 63.8 Å². The van der Waals surface area contributed by atoms with Crippen LogP contribution in [-0.4, -0.2) is 69.3 Å². The van der Waals surface area contributed by atoms with Crippen LogP contribution in [-0.2, 0) is 22.3 Å². The molecule has 288 valence electrons. The molecule has 1 aliphatic heterocycles. The summed E-state index contributed by atoms with van der Waals surface area (Å²) in [6, 6.07) is 13.6. The highest BCUT2D eigenvalue weighted by molar-refractivity contribution is 6.31. The molecule has 3 aromatic carbocycles. The predicted molar refractivity (Wildman–Crippen MR) is 184 cm³/mol. The van der Waals surface area contributed by atoms with Crippen molar-refractivity contribution in [3.63, 3.8) is 0 Å². The third-order valence-electron chi connectivity index (χ3n) is 7.76. The fraction of sp³-hybridized carbons (Fsp3) is 0.250. The Morgan fingerprint density at radius 1 is 0.852 bits per heavy atom. The van der Waals surface area contributed by atoms with Gasteiger partial charge in [0.1, 0.15) is 5.56 Å². The first-order chi connectivity index (χ1) is 25.6. The number of rotatable bonds is 9. The second-order valence-corrected chi connectivity index (χ2v) is 11.9. The van der Waals surface area contributed by atoms with Gasteiger partial charge in [0.2, 0.25) is 17.5 Å². The van der Waals surface area contributed by atoms with Crippen LogP contribution in [0.5, 0.6) is 17.2 Å². The maximum Gasteiger partial charge on any atom is 0.417 e.